The number of nitrogens with zero attached hydrogens (tertiary/aromatic N) is 2. The summed E-state index contributed by atoms with van der Waals surface area (Å²) in [6, 6.07) is 9.81. The Bertz CT molecular complexity index is 452. The number of ether oxygens (including phenoxy) is 1. The van der Waals surface area contributed by atoms with Gasteiger partial charge in [0.05, 0.1) is 6.17 Å². The Morgan fingerprint density at radius 1 is 1.19 bits per heavy atom. The average molecular weight is 289 g/mol. The Labute approximate surface area is 125 Å². The van der Waals surface area contributed by atoms with Crippen LogP contribution in [0.25, 0.3) is 0 Å². The van der Waals surface area contributed by atoms with Gasteiger partial charge in [-0.3, -0.25) is 4.90 Å². The van der Waals surface area contributed by atoms with E-state index in [1.165, 1.54) is 12.8 Å². The zero-order valence-corrected chi connectivity index (χ0v) is 12.3. The van der Waals surface area contributed by atoms with Crippen LogP contribution in [-0.4, -0.2) is 54.8 Å². The van der Waals surface area contributed by atoms with Crippen molar-refractivity contribution in [1.29, 1.82) is 0 Å². The number of hydrogen-bond donors (Lipinski definition) is 1. The van der Waals surface area contributed by atoms with E-state index in [1.54, 1.807) is 0 Å². The van der Waals surface area contributed by atoms with E-state index in [2.05, 4.69) is 10.2 Å². The predicted octanol–water partition coefficient (Wildman–Crippen LogP) is 1.65. The maximum Gasteiger partial charge on any atom is 0.410 e. The molecule has 2 aliphatic rings. The lowest BCUT2D eigenvalue weighted by Crippen LogP contribution is -2.54. The number of amides is 1. The molecular weight excluding hydrogens is 266 g/mol. The second-order valence-electron chi connectivity index (χ2n) is 5.68. The van der Waals surface area contributed by atoms with Crippen molar-refractivity contribution in [2.24, 2.45) is 0 Å². The molecule has 1 N–H and O–H groups in total. The van der Waals surface area contributed by atoms with Gasteiger partial charge in [0, 0.05) is 26.2 Å². The molecule has 0 spiro atoms. The van der Waals surface area contributed by atoms with Crippen LogP contribution in [0.2, 0.25) is 0 Å². The average Bonchev–Trinajstić information content (AvgIpc) is 3.08. The largest absolute Gasteiger partial charge is 0.445 e. The lowest BCUT2D eigenvalue weighted by molar-refractivity contribution is 0.0572. The van der Waals surface area contributed by atoms with Crippen LogP contribution < -0.4 is 5.32 Å². The van der Waals surface area contributed by atoms with Crippen molar-refractivity contribution >= 4 is 6.09 Å². The number of carbonyl (C=O) groups excluding carboxylic acids is 1. The lowest BCUT2D eigenvalue weighted by Gasteiger charge is -2.37. The fourth-order valence-electron chi connectivity index (χ4n) is 3.00. The maximum atomic E-state index is 12.1. The van der Waals surface area contributed by atoms with Gasteiger partial charge in [-0.1, -0.05) is 30.3 Å². The molecule has 1 aromatic rings. The van der Waals surface area contributed by atoms with E-state index in [1.807, 2.05) is 35.2 Å². The third kappa shape index (κ3) is 3.74. The summed E-state index contributed by atoms with van der Waals surface area (Å²) in [5, 5.41) is 3.51. The monoisotopic (exact) mass is 289 g/mol. The first kappa shape index (κ1) is 14.4. The van der Waals surface area contributed by atoms with Gasteiger partial charge in [-0.05, 0) is 24.9 Å². The van der Waals surface area contributed by atoms with E-state index in [4.69, 9.17) is 4.74 Å². The molecule has 0 radical (unpaired) electrons. The molecular formula is C16H23N3O2. The first-order valence-corrected chi connectivity index (χ1v) is 7.76. The third-order valence-electron chi connectivity index (χ3n) is 4.25. The van der Waals surface area contributed by atoms with Gasteiger partial charge in [-0.25, -0.2) is 4.79 Å². The van der Waals surface area contributed by atoms with Gasteiger partial charge >= 0.3 is 6.09 Å². The first-order valence-electron chi connectivity index (χ1n) is 7.76. The Kier molecular flexibility index (Phi) is 4.72. The molecule has 5 heteroatoms. The van der Waals surface area contributed by atoms with E-state index in [9.17, 15) is 4.79 Å². The van der Waals surface area contributed by atoms with E-state index < -0.39 is 0 Å². The standard InChI is InChI=1S/C16H23N3O2/c20-16(21-13-14-5-2-1-3-6-14)19-11-9-18(10-12-19)15-7-4-8-17-15/h1-3,5-6,15,17H,4,7-13H2. The summed E-state index contributed by atoms with van der Waals surface area (Å²) in [4.78, 5) is 16.3. The summed E-state index contributed by atoms with van der Waals surface area (Å²) in [6.45, 7) is 4.84. The highest BCUT2D eigenvalue weighted by Gasteiger charge is 2.28. The van der Waals surface area contributed by atoms with Gasteiger partial charge in [0.1, 0.15) is 6.61 Å². The van der Waals surface area contributed by atoms with Gasteiger partial charge < -0.3 is 15.0 Å². The van der Waals surface area contributed by atoms with Crippen LogP contribution in [0.15, 0.2) is 30.3 Å². The molecule has 21 heavy (non-hydrogen) atoms. The van der Waals surface area contributed by atoms with Crippen LogP contribution in [0.3, 0.4) is 0 Å². The van der Waals surface area contributed by atoms with Crippen molar-refractivity contribution in [3.63, 3.8) is 0 Å². The van der Waals surface area contributed by atoms with Crippen molar-refractivity contribution in [3.05, 3.63) is 35.9 Å². The van der Waals surface area contributed by atoms with E-state index >= 15 is 0 Å². The topological polar surface area (TPSA) is 44.8 Å². The molecule has 3 rings (SSSR count). The molecule has 0 saturated carbocycles. The number of carbonyl (C=O) groups is 1. The lowest BCUT2D eigenvalue weighted by atomic mass is 10.2. The Morgan fingerprint density at radius 2 is 1.95 bits per heavy atom. The minimum atomic E-state index is -0.196. The van der Waals surface area contributed by atoms with E-state index in [0.717, 1.165) is 38.3 Å². The summed E-state index contributed by atoms with van der Waals surface area (Å²) < 4.78 is 5.38. The molecule has 0 aliphatic carbocycles. The smallest absolute Gasteiger partial charge is 0.410 e. The summed E-state index contributed by atoms with van der Waals surface area (Å²) >= 11 is 0. The van der Waals surface area contributed by atoms with Gasteiger partial charge in [0.15, 0.2) is 0 Å². The van der Waals surface area contributed by atoms with Crippen molar-refractivity contribution in [1.82, 2.24) is 15.1 Å². The Hall–Kier alpha value is -1.59. The molecule has 1 unspecified atom stereocenters. The highest BCUT2D eigenvalue weighted by Crippen LogP contribution is 2.14. The Morgan fingerprint density at radius 3 is 2.62 bits per heavy atom. The van der Waals surface area contributed by atoms with Crippen molar-refractivity contribution < 1.29 is 9.53 Å². The van der Waals surface area contributed by atoms with Gasteiger partial charge in [0.25, 0.3) is 0 Å². The van der Waals surface area contributed by atoms with Crippen LogP contribution in [0.4, 0.5) is 4.79 Å². The van der Waals surface area contributed by atoms with Crippen LogP contribution >= 0.6 is 0 Å². The summed E-state index contributed by atoms with van der Waals surface area (Å²) in [5.74, 6) is 0. The van der Waals surface area contributed by atoms with E-state index in [0.29, 0.717) is 12.8 Å². The molecule has 0 aromatic heterocycles. The quantitative estimate of drug-likeness (QED) is 0.919. The third-order valence-corrected chi connectivity index (χ3v) is 4.25. The second-order valence-corrected chi connectivity index (χ2v) is 5.68. The van der Waals surface area contributed by atoms with Gasteiger partial charge in [-0.2, -0.15) is 0 Å². The van der Waals surface area contributed by atoms with Crippen molar-refractivity contribution in [3.8, 4) is 0 Å². The number of piperazine rings is 1. The zero-order valence-electron chi connectivity index (χ0n) is 12.3. The van der Waals surface area contributed by atoms with Crippen LogP contribution in [-0.2, 0) is 11.3 Å². The highest BCUT2D eigenvalue weighted by molar-refractivity contribution is 5.67. The number of hydrogen-bond acceptors (Lipinski definition) is 4. The van der Waals surface area contributed by atoms with Crippen LogP contribution in [0.5, 0.6) is 0 Å². The highest BCUT2D eigenvalue weighted by atomic mass is 16.6. The van der Waals surface area contributed by atoms with Gasteiger partial charge in [-0.15, -0.1) is 0 Å². The van der Waals surface area contributed by atoms with Crippen LogP contribution in [0, 0.1) is 0 Å². The number of rotatable bonds is 3. The second kappa shape index (κ2) is 6.91. The molecule has 1 amide bonds. The van der Waals surface area contributed by atoms with Gasteiger partial charge in [0.2, 0.25) is 0 Å². The Balaban J connectivity index is 1.42. The van der Waals surface area contributed by atoms with Crippen LogP contribution in [0.1, 0.15) is 18.4 Å². The zero-order chi connectivity index (χ0) is 14.5. The van der Waals surface area contributed by atoms with E-state index in [-0.39, 0.29) is 6.09 Å². The number of benzene rings is 1. The fraction of sp³-hybridized carbons (Fsp3) is 0.562. The predicted molar refractivity (Wildman–Crippen MR) is 80.8 cm³/mol. The molecule has 1 atom stereocenters. The van der Waals surface area contributed by atoms with Crippen molar-refractivity contribution in [2.45, 2.75) is 25.6 Å². The molecule has 1 aromatic carbocycles. The molecule has 2 fully saturated rings. The molecule has 114 valence electrons. The first-order chi connectivity index (χ1) is 10.3. The molecule has 0 bridgehead atoms. The molecule has 2 saturated heterocycles. The minimum absolute atomic E-state index is 0.196. The SMILES string of the molecule is O=C(OCc1ccccc1)N1CCN(C2CCCN2)CC1. The minimum Gasteiger partial charge on any atom is -0.445 e. The molecule has 2 heterocycles. The van der Waals surface area contributed by atoms with Crippen molar-refractivity contribution in [2.75, 3.05) is 32.7 Å². The fourth-order valence-corrected chi connectivity index (χ4v) is 3.00. The summed E-state index contributed by atoms with van der Waals surface area (Å²) in [7, 11) is 0. The maximum absolute atomic E-state index is 12.1. The number of nitrogens with one attached hydrogen (secondary N) is 1. The normalized spacial score (nSPS) is 23.2. The summed E-state index contributed by atoms with van der Waals surface area (Å²) in [5.41, 5.74) is 1.03. The molecule has 2 aliphatic heterocycles. The molecule has 5 nitrogen and oxygen atoms in total. The summed E-state index contributed by atoms with van der Waals surface area (Å²) in [6.07, 6.45) is 2.79.